The van der Waals surface area contributed by atoms with Gasteiger partial charge >= 0.3 is 23.9 Å². The highest BCUT2D eigenvalue weighted by atomic mass is 32.2. The number of hydrogen-bond donors (Lipinski definition) is 0. The van der Waals surface area contributed by atoms with Crippen LogP contribution in [-0.2, 0) is 60.7 Å². The molecule has 0 spiro atoms. The fourth-order valence-corrected chi connectivity index (χ4v) is 9.54. The van der Waals surface area contributed by atoms with Gasteiger partial charge in [-0.05, 0) is 46.5 Å². The minimum absolute atomic E-state index is 0.0244. The predicted molar refractivity (Wildman–Crippen MR) is 263 cm³/mol. The first-order chi connectivity index (χ1) is 29.0. The summed E-state index contributed by atoms with van der Waals surface area (Å²) in [6.07, 6.45) is 5.48. The maximum Gasteiger partial charge on any atom is 0.309 e. The van der Waals surface area contributed by atoms with Gasteiger partial charge in [0.1, 0.15) is 50.0 Å². The van der Waals surface area contributed by atoms with E-state index in [1.807, 2.05) is 53.6 Å². The summed E-state index contributed by atoms with van der Waals surface area (Å²) in [6.45, 7) is 27.1. The number of carbonyl (C=O) groups excluding carboxylic acids is 4. The van der Waals surface area contributed by atoms with Gasteiger partial charge in [-0.1, -0.05) is 78.7 Å². The molecule has 14 nitrogen and oxygen atoms in total. The van der Waals surface area contributed by atoms with Crippen LogP contribution in [0.25, 0.3) is 0 Å². The molecule has 0 N–H and O–H groups in total. The molecule has 0 aliphatic heterocycles. The van der Waals surface area contributed by atoms with Crippen LogP contribution < -0.4 is 0 Å². The molecule has 63 heavy (non-hydrogen) atoms. The minimum atomic E-state index is -0.455. The predicted octanol–water partition coefficient (Wildman–Crippen LogP) is 4.95. The second-order valence-electron chi connectivity index (χ2n) is 20.9. The molecule has 4 atom stereocenters. The Hall–Kier alpha value is -2.21. The zero-order valence-corrected chi connectivity index (χ0v) is 43.7. The summed E-state index contributed by atoms with van der Waals surface area (Å²) in [5.74, 6) is -0.251. The number of methoxy groups -OCH3 is 1. The molecule has 0 bridgehead atoms. The van der Waals surface area contributed by atoms with Crippen molar-refractivity contribution in [3.05, 3.63) is 11.9 Å². The molecule has 0 radical (unpaired) electrons. The molecule has 1 aromatic rings. The van der Waals surface area contributed by atoms with E-state index in [1.54, 1.807) is 35.3 Å². The lowest BCUT2D eigenvalue weighted by Gasteiger charge is -2.32. The summed E-state index contributed by atoms with van der Waals surface area (Å²) < 4.78 is 35.1. The van der Waals surface area contributed by atoms with Crippen molar-refractivity contribution >= 4 is 70.9 Å². The fraction of sp³-hybridized carbons (Fsp3) is 0.864. The lowest BCUT2D eigenvalue weighted by atomic mass is 9.67. The first kappa shape index (κ1) is 58.8. The Morgan fingerprint density at radius 3 is 1.71 bits per heavy atom. The molecule has 1 aromatic heterocycles. The van der Waals surface area contributed by atoms with Crippen molar-refractivity contribution in [2.75, 3.05) is 64.7 Å². The maximum absolute atomic E-state index is 12.8. The molecular formula is C44H83B3N4O10S2. The van der Waals surface area contributed by atoms with Crippen LogP contribution in [-0.4, -0.2) is 153 Å². The van der Waals surface area contributed by atoms with Gasteiger partial charge < -0.3 is 28.4 Å². The van der Waals surface area contributed by atoms with Gasteiger partial charge in [-0.2, -0.15) is 23.5 Å². The minimum Gasteiger partial charge on any atom is -0.462 e. The fourth-order valence-electron chi connectivity index (χ4n) is 6.88. The van der Waals surface area contributed by atoms with Gasteiger partial charge in [-0.15, -0.1) is 5.10 Å². The number of nitrogens with zero attached hydrogens (tertiary/aromatic N) is 4. The molecule has 4 unspecified atom stereocenters. The Labute approximate surface area is 391 Å². The zero-order chi connectivity index (χ0) is 48.1. The highest BCUT2D eigenvalue weighted by Crippen LogP contribution is 2.40. The normalized spacial score (nSPS) is 15.0. The number of carbonyl (C=O) groups is 4. The molecule has 1 rings (SSSR count). The van der Waals surface area contributed by atoms with Crippen LogP contribution >= 0.6 is 23.5 Å². The van der Waals surface area contributed by atoms with E-state index in [4.69, 9.17) is 28.4 Å². The monoisotopic (exact) mass is 925 g/mol. The number of hydrogen-bond acceptors (Lipinski definition) is 15. The van der Waals surface area contributed by atoms with Crippen LogP contribution in [0, 0.1) is 11.8 Å². The third-order valence-corrected chi connectivity index (χ3v) is 13.4. The highest BCUT2D eigenvalue weighted by molar-refractivity contribution is 8.00. The summed E-state index contributed by atoms with van der Waals surface area (Å²) in [7, 11) is 8.15. The molecule has 0 fully saturated rings. The smallest absolute Gasteiger partial charge is 0.309 e. The van der Waals surface area contributed by atoms with Crippen LogP contribution in [0.15, 0.2) is 6.20 Å². The maximum atomic E-state index is 12.8. The highest BCUT2D eigenvalue weighted by Gasteiger charge is 2.29. The van der Waals surface area contributed by atoms with E-state index >= 15 is 0 Å². The molecule has 0 saturated carbocycles. The van der Waals surface area contributed by atoms with Crippen LogP contribution in [0.2, 0.25) is 11.1 Å². The molecule has 0 saturated heterocycles. The number of aromatic nitrogens is 3. The lowest BCUT2D eigenvalue weighted by molar-refractivity contribution is -0.154. The van der Waals surface area contributed by atoms with E-state index in [1.165, 1.54) is 0 Å². The van der Waals surface area contributed by atoms with Crippen molar-refractivity contribution in [3.63, 3.8) is 0 Å². The van der Waals surface area contributed by atoms with Crippen LogP contribution in [0.5, 0.6) is 0 Å². The number of esters is 4. The van der Waals surface area contributed by atoms with Crippen molar-refractivity contribution < 1.29 is 47.6 Å². The average Bonchev–Trinajstić information content (AvgIpc) is 3.62. The summed E-state index contributed by atoms with van der Waals surface area (Å²) in [5.41, 5.74) is 0.0238. The van der Waals surface area contributed by atoms with Gasteiger partial charge in [0.25, 0.3) is 0 Å². The van der Waals surface area contributed by atoms with Crippen molar-refractivity contribution in [3.8, 4) is 0 Å². The summed E-state index contributed by atoms with van der Waals surface area (Å²) in [4.78, 5) is 52.7. The number of ether oxygens (including phenoxy) is 6. The van der Waals surface area contributed by atoms with Gasteiger partial charge in [-0.25, -0.2) is 0 Å². The second kappa shape index (κ2) is 28.1. The molecule has 0 aliphatic carbocycles. The Morgan fingerprint density at radius 1 is 0.746 bits per heavy atom. The topological polar surface area (TPSA) is 158 Å². The van der Waals surface area contributed by atoms with Gasteiger partial charge in [-0.3, -0.25) is 28.8 Å². The Bertz CT molecular complexity index is 1520. The zero-order valence-electron chi connectivity index (χ0n) is 42.0. The van der Waals surface area contributed by atoms with E-state index in [2.05, 4.69) is 74.5 Å². The van der Waals surface area contributed by atoms with Crippen LogP contribution in [0.1, 0.15) is 127 Å². The molecule has 360 valence electrons. The van der Waals surface area contributed by atoms with Gasteiger partial charge in [0, 0.05) is 72.6 Å². The molecule has 1 heterocycles. The van der Waals surface area contributed by atoms with Gasteiger partial charge in [0.2, 0.25) is 0 Å². The summed E-state index contributed by atoms with van der Waals surface area (Å²) in [6, 6.07) is 0. The van der Waals surface area contributed by atoms with E-state index in [-0.39, 0.29) is 102 Å². The van der Waals surface area contributed by atoms with E-state index in [0.717, 1.165) is 19.3 Å². The molecule has 0 aromatic carbocycles. The third kappa shape index (κ3) is 29.1. The van der Waals surface area contributed by atoms with E-state index in [9.17, 15) is 19.2 Å². The van der Waals surface area contributed by atoms with E-state index < -0.39 is 11.9 Å². The first-order valence-electron chi connectivity index (χ1n) is 22.8. The van der Waals surface area contributed by atoms with Crippen molar-refractivity contribution in [1.29, 1.82) is 0 Å². The van der Waals surface area contributed by atoms with Crippen LogP contribution in [0.3, 0.4) is 0 Å². The van der Waals surface area contributed by atoms with Crippen molar-refractivity contribution in [1.82, 2.24) is 19.9 Å². The number of aryl methyl sites for hydroxylation is 1. The SMILES string of the molecule is BC(C)CC(C)(C)SCC(C)C(=O)OCCOC(=O)CCN(CCC(=O)OCCOC(=O)C(C)CSC(C)(C)CC(B)(C)C)Cc1cn(CCC(B)(C)OCCC(C)(C)OC)nn1. The van der Waals surface area contributed by atoms with Crippen molar-refractivity contribution in [2.45, 2.75) is 166 Å². The Kier molecular flexibility index (Phi) is 26.2. The van der Waals surface area contributed by atoms with E-state index in [0.29, 0.717) is 49.1 Å². The lowest BCUT2D eigenvalue weighted by Crippen LogP contribution is -2.34. The first-order valence-corrected chi connectivity index (χ1v) is 24.7. The summed E-state index contributed by atoms with van der Waals surface area (Å²) >= 11 is 3.53. The molecular weight excluding hydrogens is 841 g/mol. The Balaban J connectivity index is 2.73. The summed E-state index contributed by atoms with van der Waals surface area (Å²) in [5, 5.41) is 8.86. The largest absolute Gasteiger partial charge is 0.462 e. The standard InChI is InChI=1S/C44H83B3N4O10S2/c1-32(29-62-42(8,9)26-34(3)45)38(54)59-24-22-57-36(52)14-18-50(27-35-28-51(49-48-35)20-16-44(12,47)61-21-17-41(6,7)56-13)19-15-37(53)58-23-25-60-39(55)33(2)30-63-43(10,11)31-40(4,5)46/h28,32-34H,14-27,29-31,45-47H2,1-13H3. The van der Waals surface area contributed by atoms with Crippen molar-refractivity contribution in [2.24, 2.45) is 11.8 Å². The number of rotatable bonds is 34. The average molecular weight is 925 g/mol. The van der Waals surface area contributed by atoms with Crippen LogP contribution in [0.4, 0.5) is 0 Å². The molecule has 19 heteroatoms. The third-order valence-electron chi connectivity index (χ3n) is 10.2. The number of thioether (sulfide) groups is 2. The molecule has 0 aliphatic rings. The second-order valence-corrected chi connectivity index (χ2v) is 24.3. The van der Waals surface area contributed by atoms with Gasteiger partial charge in [0.15, 0.2) is 0 Å². The Morgan fingerprint density at radius 2 is 1.24 bits per heavy atom. The quantitative estimate of drug-likeness (QED) is 0.0396. The molecule has 0 amide bonds. The van der Waals surface area contributed by atoms with Gasteiger partial charge in [0.05, 0.1) is 36.0 Å².